The first-order valence-electron chi connectivity index (χ1n) is 4.41. The zero-order chi connectivity index (χ0) is 11.4. The SMILES string of the molecule is C[C@@H](CO)NC(=O)c1ccc(Br)c(Cl)c1. The summed E-state index contributed by atoms with van der Waals surface area (Å²) in [6.07, 6.45) is 0. The fourth-order valence-corrected chi connectivity index (χ4v) is 1.42. The van der Waals surface area contributed by atoms with Crippen molar-refractivity contribution < 1.29 is 9.90 Å². The Kier molecular flexibility index (Phi) is 4.57. The van der Waals surface area contributed by atoms with Gasteiger partial charge < -0.3 is 10.4 Å². The van der Waals surface area contributed by atoms with Crippen LogP contribution in [-0.4, -0.2) is 23.7 Å². The molecular weight excluding hydrogens is 281 g/mol. The van der Waals surface area contributed by atoms with Crippen molar-refractivity contribution >= 4 is 33.4 Å². The zero-order valence-electron chi connectivity index (χ0n) is 8.13. The van der Waals surface area contributed by atoms with Gasteiger partial charge in [-0.05, 0) is 41.1 Å². The van der Waals surface area contributed by atoms with Gasteiger partial charge in [-0.15, -0.1) is 0 Å². The summed E-state index contributed by atoms with van der Waals surface area (Å²) in [6.45, 7) is 1.63. The number of amides is 1. The third-order valence-electron chi connectivity index (χ3n) is 1.83. The van der Waals surface area contributed by atoms with E-state index in [2.05, 4.69) is 21.2 Å². The van der Waals surface area contributed by atoms with Gasteiger partial charge in [0.05, 0.1) is 11.6 Å². The molecule has 1 aromatic rings. The molecule has 1 rings (SSSR count). The second-order valence-electron chi connectivity index (χ2n) is 3.19. The Bertz CT molecular complexity index is 370. The van der Waals surface area contributed by atoms with E-state index in [4.69, 9.17) is 16.7 Å². The topological polar surface area (TPSA) is 49.3 Å². The van der Waals surface area contributed by atoms with Gasteiger partial charge in [0, 0.05) is 16.1 Å². The van der Waals surface area contributed by atoms with Crippen LogP contribution in [0.15, 0.2) is 22.7 Å². The molecule has 0 heterocycles. The monoisotopic (exact) mass is 291 g/mol. The lowest BCUT2D eigenvalue weighted by molar-refractivity contribution is 0.0922. The van der Waals surface area contributed by atoms with E-state index in [0.717, 1.165) is 4.47 Å². The average Bonchev–Trinajstić information content (AvgIpc) is 2.21. The highest BCUT2D eigenvalue weighted by Crippen LogP contribution is 2.23. The first kappa shape index (κ1) is 12.5. The number of aliphatic hydroxyl groups excluding tert-OH is 1. The molecule has 0 fully saturated rings. The lowest BCUT2D eigenvalue weighted by Gasteiger charge is -2.10. The molecule has 5 heteroatoms. The first-order valence-corrected chi connectivity index (χ1v) is 5.58. The maximum Gasteiger partial charge on any atom is 0.251 e. The van der Waals surface area contributed by atoms with Crippen molar-refractivity contribution in [2.45, 2.75) is 13.0 Å². The van der Waals surface area contributed by atoms with Crippen LogP contribution in [0, 0.1) is 0 Å². The largest absolute Gasteiger partial charge is 0.394 e. The average molecular weight is 293 g/mol. The van der Waals surface area contributed by atoms with Crippen molar-refractivity contribution in [3.8, 4) is 0 Å². The lowest BCUT2D eigenvalue weighted by atomic mass is 10.2. The van der Waals surface area contributed by atoms with Gasteiger partial charge in [0.2, 0.25) is 0 Å². The minimum absolute atomic E-state index is 0.0873. The summed E-state index contributed by atoms with van der Waals surface area (Å²) in [5, 5.41) is 11.9. The second kappa shape index (κ2) is 5.49. The predicted octanol–water partition coefficient (Wildman–Crippen LogP) is 2.21. The smallest absolute Gasteiger partial charge is 0.251 e. The number of carbonyl (C=O) groups is 1. The van der Waals surface area contributed by atoms with Crippen LogP contribution in [0.3, 0.4) is 0 Å². The van der Waals surface area contributed by atoms with Crippen LogP contribution in [0.1, 0.15) is 17.3 Å². The van der Waals surface area contributed by atoms with Crippen molar-refractivity contribution in [3.63, 3.8) is 0 Å². The molecule has 0 spiro atoms. The third-order valence-corrected chi connectivity index (χ3v) is 3.07. The zero-order valence-corrected chi connectivity index (χ0v) is 10.5. The molecule has 0 aliphatic heterocycles. The number of aliphatic hydroxyl groups is 1. The molecule has 0 bridgehead atoms. The molecule has 15 heavy (non-hydrogen) atoms. The summed E-state index contributed by atoms with van der Waals surface area (Å²) in [6, 6.07) is 4.68. The molecular formula is C10H11BrClNO2. The van der Waals surface area contributed by atoms with Crippen LogP contribution >= 0.6 is 27.5 Å². The molecule has 1 atom stereocenters. The fraction of sp³-hybridized carbons (Fsp3) is 0.300. The molecule has 0 saturated carbocycles. The number of hydrogen-bond donors (Lipinski definition) is 2. The van der Waals surface area contributed by atoms with E-state index in [1.165, 1.54) is 0 Å². The molecule has 0 radical (unpaired) electrons. The highest BCUT2D eigenvalue weighted by Gasteiger charge is 2.10. The number of benzene rings is 1. The Balaban J connectivity index is 2.78. The number of halogens is 2. The van der Waals surface area contributed by atoms with E-state index in [9.17, 15) is 4.79 Å². The molecule has 3 nitrogen and oxygen atoms in total. The quantitative estimate of drug-likeness (QED) is 0.897. The minimum Gasteiger partial charge on any atom is -0.394 e. The minimum atomic E-state index is -0.264. The first-order chi connectivity index (χ1) is 7.04. The number of nitrogens with one attached hydrogen (secondary N) is 1. The molecule has 2 N–H and O–H groups in total. The maximum atomic E-state index is 11.6. The summed E-state index contributed by atoms with van der Waals surface area (Å²) in [5.74, 6) is -0.244. The second-order valence-corrected chi connectivity index (χ2v) is 4.45. The summed E-state index contributed by atoms with van der Waals surface area (Å²) in [4.78, 5) is 11.6. The van der Waals surface area contributed by atoms with Crippen LogP contribution in [0.4, 0.5) is 0 Å². The van der Waals surface area contributed by atoms with Crippen LogP contribution in [-0.2, 0) is 0 Å². The molecule has 0 aromatic heterocycles. The number of hydrogen-bond acceptors (Lipinski definition) is 2. The molecule has 82 valence electrons. The van der Waals surface area contributed by atoms with E-state index in [1.54, 1.807) is 25.1 Å². The fourth-order valence-electron chi connectivity index (χ4n) is 0.990. The van der Waals surface area contributed by atoms with E-state index in [-0.39, 0.29) is 18.6 Å². The molecule has 0 saturated heterocycles. The predicted molar refractivity (Wildman–Crippen MR) is 63.2 cm³/mol. The van der Waals surface area contributed by atoms with Crippen molar-refractivity contribution in [2.24, 2.45) is 0 Å². The number of carbonyl (C=O) groups excluding carboxylic acids is 1. The van der Waals surface area contributed by atoms with Crippen molar-refractivity contribution in [3.05, 3.63) is 33.3 Å². The Morgan fingerprint density at radius 3 is 2.87 bits per heavy atom. The maximum absolute atomic E-state index is 11.6. The Labute approximate surface area is 102 Å². The summed E-state index contributed by atoms with van der Waals surface area (Å²) in [5.41, 5.74) is 0.475. The Hall–Kier alpha value is -0.580. The highest BCUT2D eigenvalue weighted by molar-refractivity contribution is 9.10. The Morgan fingerprint density at radius 2 is 2.33 bits per heavy atom. The van der Waals surface area contributed by atoms with Gasteiger partial charge in [0.1, 0.15) is 0 Å². The van der Waals surface area contributed by atoms with Gasteiger partial charge in [0.15, 0.2) is 0 Å². The van der Waals surface area contributed by atoms with Gasteiger partial charge in [-0.3, -0.25) is 4.79 Å². The van der Waals surface area contributed by atoms with Crippen LogP contribution < -0.4 is 5.32 Å². The standard InChI is InChI=1S/C10H11BrClNO2/c1-6(5-14)13-10(15)7-2-3-8(11)9(12)4-7/h2-4,6,14H,5H2,1H3,(H,13,15)/t6-/m0/s1. The summed E-state index contributed by atoms with van der Waals surface area (Å²) in [7, 11) is 0. The molecule has 0 aliphatic rings. The van der Waals surface area contributed by atoms with Crippen molar-refractivity contribution in [2.75, 3.05) is 6.61 Å². The summed E-state index contributed by atoms with van der Waals surface area (Å²) >= 11 is 9.09. The van der Waals surface area contributed by atoms with E-state index < -0.39 is 0 Å². The van der Waals surface area contributed by atoms with Gasteiger partial charge in [-0.25, -0.2) is 0 Å². The van der Waals surface area contributed by atoms with Crippen LogP contribution in [0.5, 0.6) is 0 Å². The normalized spacial score (nSPS) is 12.3. The van der Waals surface area contributed by atoms with Crippen LogP contribution in [0.2, 0.25) is 5.02 Å². The Morgan fingerprint density at radius 1 is 1.67 bits per heavy atom. The summed E-state index contributed by atoms with van der Waals surface area (Å²) < 4.78 is 0.746. The van der Waals surface area contributed by atoms with Crippen molar-refractivity contribution in [1.82, 2.24) is 5.32 Å². The highest BCUT2D eigenvalue weighted by atomic mass is 79.9. The van der Waals surface area contributed by atoms with Gasteiger partial charge >= 0.3 is 0 Å². The van der Waals surface area contributed by atoms with E-state index in [0.29, 0.717) is 10.6 Å². The van der Waals surface area contributed by atoms with Crippen molar-refractivity contribution in [1.29, 1.82) is 0 Å². The van der Waals surface area contributed by atoms with E-state index in [1.807, 2.05) is 0 Å². The van der Waals surface area contributed by atoms with Gasteiger partial charge in [0.25, 0.3) is 5.91 Å². The third kappa shape index (κ3) is 3.48. The molecule has 0 unspecified atom stereocenters. The van der Waals surface area contributed by atoms with E-state index >= 15 is 0 Å². The van der Waals surface area contributed by atoms with Gasteiger partial charge in [-0.2, -0.15) is 0 Å². The van der Waals surface area contributed by atoms with Crippen LogP contribution in [0.25, 0.3) is 0 Å². The lowest BCUT2D eigenvalue weighted by Crippen LogP contribution is -2.34. The molecule has 1 amide bonds. The molecule has 0 aliphatic carbocycles. The number of rotatable bonds is 3. The molecule has 1 aromatic carbocycles. The van der Waals surface area contributed by atoms with Gasteiger partial charge in [-0.1, -0.05) is 11.6 Å².